The van der Waals surface area contributed by atoms with Crippen LogP contribution in [-0.4, -0.2) is 28.9 Å². The topological polar surface area (TPSA) is 38.3 Å². The van der Waals surface area contributed by atoms with Crippen molar-refractivity contribution in [1.82, 2.24) is 5.32 Å². The van der Waals surface area contributed by atoms with Crippen LogP contribution in [0.2, 0.25) is 0 Å². The minimum Gasteiger partial charge on any atom is -0.497 e. The van der Waals surface area contributed by atoms with E-state index in [0.29, 0.717) is 5.92 Å². The quantitative estimate of drug-likeness (QED) is 0.855. The average molecular weight is 279 g/mol. The molecule has 3 rings (SSSR count). The summed E-state index contributed by atoms with van der Waals surface area (Å²) in [6.07, 6.45) is 2.02. The summed E-state index contributed by atoms with van der Waals surface area (Å²) < 4.78 is 17.7. The smallest absolute Gasteiger partial charge is 0.119 e. The van der Waals surface area contributed by atoms with Crippen LogP contribution in [0.15, 0.2) is 18.2 Å². The Morgan fingerprint density at radius 3 is 3.05 bits per heavy atom. The van der Waals surface area contributed by atoms with Crippen molar-refractivity contribution in [1.29, 1.82) is 0 Å². The summed E-state index contributed by atoms with van der Waals surface area (Å²) in [7, 11) is 0.990. The third-order valence-corrected chi connectivity index (χ3v) is 6.31. The third-order valence-electron chi connectivity index (χ3n) is 4.23. The van der Waals surface area contributed by atoms with E-state index in [9.17, 15) is 4.21 Å². The maximum Gasteiger partial charge on any atom is 0.119 e. The van der Waals surface area contributed by atoms with E-state index < -0.39 is 10.8 Å². The van der Waals surface area contributed by atoms with Crippen LogP contribution in [0.25, 0.3) is 0 Å². The molecule has 1 N–H and O–H groups in total. The summed E-state index contributed by atoms with van der Waals surface area (Å²) in [5.74, 6) is 2.24. The van der Waals surface area contributed by atoms with Crippen molar-refractivity contribution in [3.05, 3.63) is 29.3 Å². The molecule has 19 heavy (non-hydrogen) atoms. The number of fused-ring (bicyclic) bond motifs is 3. The molecule has 0 spiro atoms. The highest BCUT2D eigenvalue weighted by Crippen LogP contribution is 2.36. The molecule has 0 radical (unpaired) electrons. The van der Waals surface area contributed by atoms with Crippen molar-refractivity contribution < 1.29 is 8.95 Å². The molecule has 4 atom stereocenters. The predicted molar refractivity (Wildman–Crippen MR) is 78.0 cm³/mol. The first-order valence-corrected chi connectivity index (χ1v) is 8.34. The first-order chi connectivity index (χ1) is 9.19. The highest BCUT2D eigenvalue weighted by atomic mass is 32.2. The van der Waals surface area contributed by atoms with Gasteiger partial charge in [-0.3, -0.25) is 4.21 Å². The Labute approximate surface area is 117 Å². The largest absolute Gasteiger partial charge is 0.497 e. The zero-order chi connectivity index (χ0) is 13.4. The van der Waals surface area contributed by atoms with Crippen LogP contribution in [0.3, 0.4) is 0 Å². The number of nitrogens with one attached hydrogen (secondary N) is 1. The van der Waals surface area contributed by atoms with E-state index in [4.69, 9.17) is 4.74 Å². The molecule has 1 saturated heterocycles. The van der Waals surface area contributed by atoms with E-state index in [1.807, 2.05) is 6.07 Å². The summed E-state index contributed by atoms with van der Waals surface area (Å²) in [6, 6.07) is 6.54. The summed E-state index contributed by atoms with van der Waals surface area (Å²) in [4.78, 5) is 0. The standard InChI is InChI=1S/C15H21NO2S/c1-10-8-16-15-13-5-4-12(18-2)7-11(13)3-6-14(15)19(17)9-10/h4-5,7,10,14-16H,3,6,8-9H2,1-2H3. The van der Waals surface area contributed by atoms with Crippen molar-refractivity contribution >= 4 is 10.8 Å². The molecule has 2 aliphatic rings. The lowest BCUT2D eigenvalue weighted by molar-refractivity contribution is 0.410. The number of aryl methyl sites for hydroxylation is 1. The molecule has 1 aliphatic carbocycles. The normalized spacial score (nSPS) is 34.0. The third kappa shape index (κ3) is 2.43. The van der Waals surface area contributed by atoms with E-state index in [1.165, 1.54) is 11.1 Å². The van der Waals surface area contributed by atoms with Gasteiger partial charge in [-0.1, -0.05) is 13.0 Å². The van der Waals surface area contributed by atoms with Crippen LogP contribution >= 0.6 is 0 Å². The molecule has 0 amide bonds. The van der Waals surface area contributed by atoms with Gasteiger partial charge in [-0.2, -0.15) is 0 Å². The van der Waals surface area contributed by atoms with E-state index >= 15 is 0 Å². The van der Waals surface area contributed by atoms with Gasteiger partial charge in [0.05, 0.1) is 12.4 Å². The second kappa shape index (κ2) is 5.25. The number of ether oxygens (including phenoxy) is 1. The summed E-state index contributed by atoms with van der Waals surface area (Å²) >= 11 is 0. The number of methoxy groups -OCH3 is 1. The molecule has 0 bridgehead atoms. The molecule has 1 aromatic rings. The lowest BCUT2D eigenvalue weighted by Gasteiger charge is -2.32. The number of hydrogen-bond acceptors (Lipinski definition) is 3. The molecule has 0 saturated carbocycles. The molecular weight excluding hydrogens is 258 g/mol. The van der Waals surface area contributed by atoms with Gasteiger partial charge in [-0.25, -0.2) is 0 Å². The lowest BCUT2D eigenvalue weighted by Crippen LogP contribution is -2.36. The molecule has 104 valence electrons. The van der Waals surface area contributed by atoms with Crippen LogP contribution in [0.5, 0.6) is 5.75 Å². The first kappa shape index (κ1) is 13.1. The second-order valence-corrected chi connectivity index (χ2v) is 7.38. The maximum absolute atomic E-state index is 12.4. The Kier molecular flexibility index (Phi) is 3.63. The van der Waals surface area contributed by atoms with Gasteiger partial charge >= 0.3 is 0 Å². The lowest BCUT2D eigenvalue weighted by atomic mass is 9.87. The van der Waals surface area contributed by atoms with Gasteiger partial charge in [0, 0.05) is 22.6 Å². The number of hydrogen-bond donors (Lipinski definition) is 1. The minimum absolute atomic E-state index is 0.250. The van der Waals surface area contributed by atoms with Gasteiger partial charge in [-0.05, 0) is 48.6 Å². The van der Waals surface area contributed by atoms with Crippen LogP contribution in [0.4, 0.5) is 0 Å². The Hall–Kier alpha value is -0.870. The fourth-order valence-corrected chi connectivity index (χ4v) is 5.06. The van der Waals surface area contributed by atoms with Crippen molar-refractivity contribution in [3.63, 3.8) is 0 Å². The fraction of sp³-hybridized carbons (Fsp3) is 0.600. The molecule has 0 aromatic heterocycles. The van der Waals surface area contributed by atoms with Gasteiger partial charge in [0.25, 0.3) is 0 Å². The second-order valence-electron chi connectivity index (χ2n) is 5.68. The maximum atomic E-state index is 12.4. The van der Waals surface area contributed by atoms with Gasteiger partial charge in [0.2, 0.25) is 0 Å². The van der Waals surface area contributed by atoms with E-state index in [2.05, 4.69) is 24.4 Å². The van der Waals surface area contributed by atoms with Crippen LogP contribution in [0.1, 0.15) is 30.5 Å². The number of benzene rings is 1. The van der Waals surface area contributed by atoms with E-state index in [-0.39, 0.29) is 11.3 Å². The first-order valence-electron chi connectivity index (χ1n) is 6.96. The Morgan fingerprint density at radius 2 is 2.26 bits per heavy atom. The van der Waals surface area contributed by atoms with Crippen LogP contribution < -0.4 is 10.1 Å². The van der Waals surface area contributed by atoms with Gasteiger partial charge in [0.1, 0.15) is 5.75 Å². The van der Waals surface area contributed by atoms with Crippen molar-refractivity contribution in [2.75, 3.05) is 19.4 Å². The van der Waals surface area contributed by atoms with Crippen molar-refractivity contribution in [3.8, 4) is 5.75 Å². The van der Waals surface area contributed by atoms with Gasteiger partial charge in [0.15, 0.2) is 0 Å². The summed E-state index contributed by atoms with van der Waals surface area (Å²) in [5.41, 5.74) is 2.67. The van der Waals surface area contributed by atoms with E-state index in [0.717, 1.165) is 30.9 Å². The Bertz CT molecular complexity index is 503. The number of rotatable bonds is 1. The van der Waals surface area contributed by atoms with Gasteiger partial charge in [-0.15, -0.1) is 0 Å². The molecule has 1 heterocycles. The SMILES string of the molecule is COc1ccc2c(c1)CCC1C2NCC(C)CS1=O. The van der Waals surface area contributed by atoms with Gasteiger partial charge < -0.3 is 10.1 Å². The predicted octanol–water partition coefficient (Wildman–Crippen LogP) is 2.04. The highest BCUT2D eigenvalue weighted by molar-refractivity contribution is 7.85. The zero-order valence-electron chi connectivity index (χ0n) is 11.5. The summed E-state index contributed by atoms with van der Waals surface area (Å²) in [6.45, 7) is 3.13. The van der Waals surface area contributed by atoms with Crippen LogP contribution in [-0.2, 0) is 17.2 Å². The molecule has 4 heteroatoms. The molecule has 3 nitrogen and oxygen atoms in total. The van der Waals surface area contributed by atoms with Crippen molar-refractivity contribution in [2.45, 2.75) is 31.1 Å². The Morgan fingerprint density at radius 1 is 1.42 bits per heavy atom. The monoisotopic (exact) mass is 279 g/mol. The summed E-state index contributed by atoms with van der Waals surface area (Å²) in [5, 5.41) is 3.89. The van der Waals surface area contributed by atoms with Crippen molar-refractivity contribution in [2.24, 2.45) is 5.92 Å². The fourth-order valence-electron chi connectivity index (χ4n) is 3.21. The average Bonchev–Trinajstić information content (AvgIpc) is 2.57. The van der Waals surface area contributed by atoms with E-state index in [1.54, 1.807) is 7.11 Å². The molecule has 1 aromatic carbocycles. The molecule has 4 unspecified atom stereocenters. The molecular formula is C15H21NO2S. The molecule has 1 aliphatic heterocycles. The highest BCUT2D eigenvalue weighted by Gasteiger charge is 2.36. The van der Waals surface area contributed by atoms with Crippen LogP contribution in [0, 0.1) is 5.92 Å². The Balaban J connectivity index is 1.96. The zero-order valence-corrected chi connectivity index (χ0v) is 12.3. The molecule has 1 fully saturated rings. The minimum atomic E-state index is -0.712.